The molecule has 3 aromatic rings. The first kappa shape index (κ1) is 16.2. The van der Waals surface area contributed by atoms with Crippen LogP contribution in [0.4, 0.5) is 0 Å². The van der Waals surface area contributed by atoms with E-state index in [0.29, 0.717) is 19.6 Å². The van der Waals surface area contributed by atoms with Crippen LogP contribution in [0.5, 0.6) is 0 Å². The molecule has 6 nitrogen and oxygen atoms in total. The molecule has 3 aromatic heterocycles. The number of carbonyl (C=O) groups excluding carboxylic acids is 1. The standard InChI is InChI=1S/C18H21N5OS/c1-12-9-14(11-25-12)18(24)22-7-4-13(10-22)16-15-3-2-6-20-17(15)23(21-16)8-5-19/h2-3,6,9,11,13H,4-5,7-8,10,19H2,1H3. The van der Waals surface area contributed by atoms with E-state index in [1.807, 2.05) is 34.0 Å². The van der Waals surface area contributed by atoms with Crippen LogP contribution < -0.4 is 5.73 Å². The van der Waals surface area contributed by atoms with Crippen molar-refractivity contribution in [1.29, 1.82) is 0 Å². The molecule has 130 valence electrons. The number of thiophene rings is 1. The molecule has 0 spiro atoms. The summed E-state index contributed by atoms with van der Waals surface area (Å²) >= 11 is 1.62. The van der Waals surface area contributed by atoms with Crippen molar-refractivity contribution in [3.8, 4) is 0 Å². The summed E-state index contributed by atoms with van der Waals surface area (Å²) < 4.78 is 1.89. The number of pyridine rings is 1. The lowest BCUT2D eigenvalue weighted by atomic mass is 10.0. The van der Waals surface area contributed by atoms with Gasteiger partial charge in [-0.15, -0.1) is 11.3 Å². The van der Waals surface area contributed by atoms with E-state index in [-0.39, 0.29) is 11.8 Å². The Hall–Kier alpha value is -2.25. The van der Waals surface area contributed by atoms with E-state index in [1.54, 1.807) is 17.5 Å². The van der Waals surface area contributed by atoms with Crippen molar-refractivity contribution in [2.45, 2.75) is 25.8 Å². The molecule has 7 heteroatoms. The predicted molar refractivity (Wildman–Crippen MR) is 98.9 cm³/mol. The number of nitrogens with zero attached hydrogens (tertiary/aromatic N) is 4. The molecule has 4 rings (SSSR count). The van der Waals surface area contributed by atoms with Crippen LogP contribution in [-0.2, 0) is 6.54 Å². The number of rotatable bonds is 4. The summed E-state index contributed by atoms with van der Waals surface area (Å²) in [5, 5.41) is 7.79. The molecule has 2 N–H and O–H groups in total. The molecule has 1 amide bonds. The molecule has 0 aromatic carbocycles. The Morgan fingerprint density at radius 2 is 2.36 bits per heavy atom. The fraction of sp³-hybridized carbons (Fsp3) is 0.389. The fourth-order valence-corrected chi connectivity index (χ4v) is 4.20. The lowest BCUT2D eigenvalue weighted by Crippen LogP contribution is -2.28. The van der Waals surface area contributed by atoms with Crippen LogP contribution in [0.2, 0.25) is 0 Å². The summed E-state index contributed by atoms with van der Waals surface area (Å²) in [6, 6.07) is 5.96. The largest absolute Gasteiger partial charge is 0.338 e. The second-order valence-electron chi connectivity index (χ2n) is 6.45. The quantitative estimate of drug-likeness (QED) is 0.779. The van der Waals surface area contributed by atoms with E-state index < -0.39 is 0 Å². The third kappa shape index (κ3) is 2.94. The molecular formula is C18H21N5OS. The average molecular weight is 355 g/mol. The molecule has 1 fully saturated rings. The van der Waals surface area contributed by atoms with E-state index in [9.17, 15) is 4.79 Å². The lowest BCUT2D eigenvalue weighted by molar-refractivity contribution is 0.0791. The van der Waals surface area contributed by atoms with Gasteiger partial charge in [0.1, 0.15) is 0 Å². The Labute approximate surface area is 150 Å². The molecule has 0 saturated carbocycles. The maximum absolute atomic E-state index is 12.7. The number of hydrogen-bond acceptors (Lipinski definition) is 5. The summed E-state index contributed by atoms with van der Waals surface area (Å²) in [5.74, 6) is 0.366. The highest BCUT2D eigenvalue weighted by atomic mass is 32.1. The zero-order valence-corrected chi connectivity index (χ0v) is 15.0. The predicted octanol–water partition coefficient (Wildman–Crippen LogP) is 2.39. The monoisotopic (exact) mass is 355 g/mol. The number of fused-ring (bicyclic) bond motifs is 1. The van der Waals surface area contributed by atoms with Gasteiger partial charge in [0.25, 0.3) is 5.91 Å². The van der Waals surface area contributed by atoms with Gasteiger partial charge in [0.2, 0.25) is 0 Å². The Balaban J connectivity index is 1.59. The van der Waals surface area contributed by atoms with E-state index in [0.717, 1.165) is 40.1 Å². The van der Waals surface area contributed by atoms with Crippen LogP contribution in [0.3, 0.4) is 0 Å². The van der Waals surface area contributed by atoms with Gasteiger partial charge in [-0.25, -0.2) is 9.67 Å². The highest BCUT2D eigenvalue weighted by molar-refractivity contribution is 7.10. The second-order valence-corrected chi connectivity index (χ2v) is 7.57. The van der Waals surface area contributed by atoms with Crippen molar-refractivity contribution in [1.82, 2.24) is 19.7 Å². The van der Waals surface area contributed by atoms with Crippen molar-refractivity contribution in [3.05, 3.63) is 45.9 Å². The molecule has 1 atom stereocenters. The third-order valence-electron chi connectivity index (χ3n) is 4.72. The van der Waals surface area contributed by atoms with Crippen molar-refractivity contribution < 1.29 is 4.79 Å². The minimum Gasteiger partial charge on any atom is -0.338 e. The molecule has 0 aliphatic carbocycles. The van der Waals surface area contributed by atoms with E-state index in [2.05, 4.69) is 11.1 Å². The molecule has 1 aliphatic heterocycles. The van der Waals surface area contributed by atoms with Crippen LogP contribution in [0.25, 0.3) is 11.0 Å². The average Bonchev–Trinajstić information content (AvgIpc) is 3.33. The first-order valence-corrected chi connectivity index (χ1v) is 9.41. The first-order valence-electron chi connectivity index (χ1n) is 8.53. The van der Waals surface area contributed by atoms with Crippen LogP contribution in [0.1, 0.15) is 33.3 Å². The Morgan fingerprint density at radius 1 is 1.48 bits per heavy atom. The molecule has 4 heterocycles. The molecule has 1 saturated heterocycles. The number of hydrogen-bond donors (Lipinski definition) is 1. The van der Waals surface area contributed by atoms with Crippen molar-refractivity contribution in [3.63, 3.8) is 0 Å². The van der Waals surface area contributed by atoms with Gasteiger partial charge in [-0.2, -0.15) is 5.10 Å². The highest BCUT2D eigenvalue weighted by Gasteiger charge is 2.31. The molecule has 1 aliphatic rings. The van der Waals surface area contributed by atoms with E-state index in [1.165, 1.54) is 0 Å². The van der Waals surface area contributed by atoms with Crippen LogP contribution >= 0.6 is 11.3 Å². The molecule has 0 bridgehead atoms. The van der Waals surface area contributed by atoms with E-state index in [4.69, 9.17) is 10.8 Å². The maximum atomic E-state index is 12.7. The van der Waals surface area contributed by atoms with Gasteiger partial charge >= 0.3 is 0 Å². The number of aromatic nitrogens is 3. The van der Waals surface area contributed by atoms with Gasteiger partial charge in [-0.05, 0) is 31.5 Å². The Bertz CT molecular complexity index is 915. The molecule has 25 heavy (non-hydrogen) atoms. The smallest absolute Gasteiger partial charge is 0.254 e. The zero-order valence-electron chi connectivity index (χ0n) is 14.2. The summed E-state index contributed by atoms with van der Waals surface area (Å²) in [4.78, 5) is 20.3. The SMILES string of the molecule is Cc1cc(C(=O)N2CCC(c3nn(CCN)c4ncccc34)C2)cs1. The summed E-state index contributed by atoms with van der Waals surface area (Å²) in [5.41, 5.74) is 8.41. The Morgan fingerprint density at radius 3 is 3.12 bits per heavy atom. The minimum atomic E-state index is 0.121. The molecule has 1 unspecified atom stereocenters. The number of aryl methyl sites for hydroxylation is 1. The first-order chi connectivity index (χ1) is 12.2. The van der Waals surface area contributed by atoms with Crippen LogP contribution in [-0.4, -0.2) is 45.2 Å². The number of nitrogens with two attached hydrogens (primary N) is 1. The number of carbonyl (C=O) groups is 1. The van der Waals surface area contributed by atoms with Crippen molar-refractivity contribution >= 4 is 28.3 Å². The topological polar surface area (TPSA) is 77.0 Å². The Kier molecular flexibility index (Phi) is 4.27. The lowest BCUT2D eigenvalue weighted by Gasteiger charge is -2.15. The van der Waals surface area contributed by atoms with Gasteiger partial charge in [0.05, 0.1) is 17.8 Å². The van der Waals surface area contributed by atoms with E-state index >= 15 is 0 Å². The third-order valence-corrected chi connectivity index (χ3v) is 5.58. The van der Waals surface area contributed by atoms with Crippen LogP contribution in [0, 0.1) is 6.92 Å². The zero-order chi connectivity index (χ0) is 17.4. The minimum absolute atomic E-state index is 0.121. The summed E-state index contributed by atoms with van der Waals surface area (Å²) in [6.07, 6.45) is 2.71. The van der Waals surface area contributed by atoms with Crippen molar-refractivity contribution in [2.24, 2.45) is 5.73 Å². The molecular weight excluding hydrogens is 334 g/mol. The summed E-state index contributed by atoms with van der Waals surface area (Å²) in [6.45, 7) is 4.68. The number of likely N-dealkylation sites (tertiary alicyclic amines) is 1. The maximum Gasteiger partial charge on any atom is 0.254 e. The van der Waals surface area contributed by atoms with Gasteiger partial charge in [0.15, 0.2) is 5.65 Å². The van der Waals surface area contributed by atoms with Gasteiger partial charge in [0, 0.05) is 47.4 Å². The highest BCUT2D eigenvalue weighted by Crippen LogP contribution is 2.32. The normalized spacial score (nSPS) is 17.5. The van der Waals surface area contributed by atoms with Crippen LogP contribution in [0.15, 0.2) is 29.8 Å². The van der Waals surface area contributed by atoms with Crippen molar-refractivity contribution in [2.75, 3.05) is 19.6 Å². The molecule has 0 radical (unpaired) electrons. The van der Waals surface area contributed by atoms with Gasteiger partial charge in [-0.3, -0.25) is 4.79 Å². The van der Waals surface area contributed by atoms with Gasteiger partial charge < -0.3 is 10.6 Å². The number of amides is 1. The summed E-state index contributed by atoms with van der Waals surface area (Å²) in [7, 11) is 0. The second kappa shape index (κ2) is 6.57. The fourth-order valence-electron chi connectivity index (χ4n) is 3.52. The van der Waals surface area contributed by atoms with Gasteiger partial charge in [-0.1, -0.05) is 0 Å².